The standard InChI is InChI=1S/C13H20N2/c1-10(2)15(9-11-7-8-11)13-6-4-3-5-12(13)14/h3-6,10-11H,7-9,14H2,1-2H3. The number of para-hydroxylation sites is 2. The van der Waals surface area contributed by atoms with Crippen molar-refractivity contribution >= 4 is 11.4 Å². The molecule has 2 rings (SSSR count). The van der Waals surface area contributed by atoms with Crippen LogP contribution in [-0.2, 0) is 0 Å². The van der Waals surface area contributed by atoms with E-state index in [0.717, 1.165) is 18.2 Å². The molecule has 0 atom stereocenters. The molecule has 0 heterocycles. The summed E-state index contributed by atoms with van der Waals surface area (Å²) >= 11 is 0. The summed E-state index contributed by atoms with van der Waals surface area (Å²) in [4.78, 5) is 2.42. The van der Waals surface area contributed by atoms with Crippen molar-refractivity contribution < 1.29 is 0 Å². The first kappa shape index (κ1) is 10.3. The van der Waals surface area contributed by atoms with Gasteiger partial charge in [0.25, 0.3) is 0 Å². The van der Waals surface area contributed by atoms with Crippen LogP contribution < -0.4 is 10.6 Å². The lowest BCUT2D eigenvalue weighted by Gasteiger charge is -2.30. The number of rotatable bonds is 4. The van der Waals surface area contributed by atoms with Crippen LogP contribution in [0.15, 0.2) is 24.3 Å². The number of hydrogen-bond acceptors (Lipinski definition) is 2. The van der Waals surface area contributed by atoms with Crippen LogP contribution in [0.3, 0.4) is 0 Å². The molecule has 0 aliphatic heterocycles. The molecule has 2 N–H and O–H groups in total. The van der Waals surface area contributed by atoms with E-state index in [-0.39, 0.29) is 0 Å². The summed E-state index contributed by atoms with van der Waals surface area (Å²) in [5.74, 6) is 0.895. The molecule has 1 aliphatic rings. The van der Waals surface area contributed by atoms with Crippen molar-refractivity contribution in [2.75, 3.05) is 17.2 Å². The Hall–Kier alpha value is -1.18. The van der Waals surface area contributed by atoms with E-state index in [1.54, 1.807) is 0 Å². The molecule has 1 aromatic carbocycles. The maximum Gasteiger partial charge on any atom is 0.0602 e. The van der Waals surface area contributed by atoms with Gasteiger partial charge in [0.05, 0.1) is 11.4 Å². The van der Waals surface area contributed by atoms with Crippen LogP contribution in [0.2, 0.25) is 0 Å². The second kappa shape index (κ2) is 4.13. The van der Waals surface area contributed by atoms with Crippen molar-refractivity contribution in [1.82, 2.24) is 0 Å². The Kier molecular flexibility index (Phi) is 2.85. The summed E-state index contributed by atoms with van der Waals surface area (Å²) in [6.45, 7) is 5.62. The zero-order chi connectivity index (χ0) is 10.8. The van der Waals surface area contributed by atoms with E-state index < -0.39 is 0 Å². The highest BCUT2D eigenvalue weighted by molar-refractivity contribution is 5.67. The second-order valence-corrected chi connectivity index (χ2v) is 4.75. The molecule has 2 heteroatoms. The van der Waals surface area contributed by atoms with Crippen molar-refractivity contribution in [3.05, 3.63) is 24.3 Å². The summed E-state index contributed by atoms with van der Waals surface area (Å²) in [5, 5.41) is 0. The van der Waals surface area contributed by atoms with E-state index in [2.05, 4.69) is 30.9 Å². The van der Waals surface area contributed by atoms with E-state index in [1.807, 2.05) is 12.1 Å². The molecule has 0 saturated heterocycles. The molecule has 0 spiro atoms. The maximum atomic E-state index is 6.01. The summed E-state index contributed by atoms with van der Waals surface area (Å²) in [6, 6.07) is 8.69. The number of nitrogens with two attached hydrogens (primary N) is 1. The monoisotopic (exact) mass is 204 g/mol. The third-order valence-electron chi connectivity index (χ3n) is 3.02. The Morgan fingerprint density at radius 3 is 2.53 bits per heavy atom. The van der Waals surface area contributed by atoms with Gasteiger partial charge in [-0.3, -0.25) is 0 Å². The average molecular weight is 204 g/mol. The number of nitrogen functional groups attached to an aromatic ring is 1. The minimum absolute atomic E-state index is 0.523. The Balaban J connectivity index is 2.19. The van der Waals surface area contributed by atoms with Crippen molar-refractivity contribution in [1.29, 1.82) is 0 Å². The fraction of sp³-hybridized carbons (Fsp3) is 0.538. The zero-order valence-electron chi connectivity index (χ0n) is 9.61. The van der Waals surface area contributed by atoms with E-state index in [4.69, 9.17) is 5.73 Å². The summed E-state index contributed by atoms with van der Waals surface area (Å²) in [5.41, 5.74) is 8.10. The minimum atomic E-state index is 0.523. The zero-order valence-corrected chi connectivity index (χ0v) is 9.61. The lowest BCUT2D eigenvalue weighted by Crippen LogP contribution is -2.33. The van der Waals surface area contributed by atoms with Crippen LogP contribution in [0.1, 0.15) is 26.7 Å². The molecular weight excluding hydrogens is 184 g/mol. The molecule has 0 aromatic heterocycles. The molecule has 1 saturated carbocycles. The third-order valence-corrected chi connectivity index (χ3v) is 3.02. The van der Waals surface area contributed by atoms with Gasteiger partial charge < -0.3 is 10.6 Å². The van der Waals surface area contributed by atoms with Gasteiger partial charge in [-0.05, 0) is 44.7 Å². The van der Waals surface area contributed by atoms with Crippen LogP contribution >= 0.6 is 0 Å². The molecule has 0 radical (unpaired) electrons. The summed E-state index contributed by atoms with van der Waals surface area (Å²) < 4.78 is 0. The topological polar surface area (TPSA) is 29.3 Å². The molecule has 1 aromatic rings. The second-order valence-electron chi connectivity index (χ2n) is 4.75. The molecule has 1 fully saturated rings. The van der Waals surface area contributed by atoms with Gasteiger partial charge in [-0.25, -0.2) is 0 Å². The highest BCUT2D eigenvalue weighted by Crippen LogP contribution is 2.33. The first-order valence-corrected chi connectivity index (χ1v) is 5.79. The van der Waals surface area contributed by atoms with Gasteiger partial charge in [-0.15, -0.1) is 0 Å². The van der Waals surface area contributed by atoms with Crippen LogP contribution in [-0.4, -0.2) is 12.6 Å². The first-order chi connectivity index (χ1) is 7.18. The summed E-state index contributed by atoms with van der Waals surface area (Å²) in [6.07, 6.45) is 2.77. The van der Waals surface area contributed by atoms with E-state index >= 15 is 0 Å². The molecular formula is C13H20N2. The predicted molar refractivity (Wildman–Crippen MR) is 66.1 cm³/mol. The normalized spacial score (nSPS) is 15.7. The maximum absolute atomic E-state index is 6.01. The lowest BCUT2D eigenvalue weighted by molar-refractivity contribution is 0.645. The van der Waals surface area contributed by atoms with Crippen LogP contribution in [0.4, 0.5) is 11.4 Å². The van der Waals surface area contributed by atoms with Gasteiger partial charge in [0.2, 0.25) is 0 Å². The van der Waals surface area contributed by atoms with E-state index in [9.17, 15) is 0 Å². The molecule has 0 unspecified atom stereocenters. The van der Waals surface area contributed by atoms with Gasteiger partial charge in [-0.1, -0.05) is 12.1 Å². The van der Waals surface area contributed by atoms with Crippen LogP contribution in [0, 0.1) is 5.92 Å². The fourth-order valence-electron chi connectivity index (χ4n) is 1.92. The largest absolute Gasteiger partial charge is 0.397 e. The van der Waals surface area contributed by atoms with Gasteiger partial charge in [0.1, 0.15) is 0 Å². The van der Waals surface area contributed by atoms with Gasteiger partial charge in [0, 0.05) is 12.6 Å². The summed E-state index contributed by atoms with van der Waals surface area (Å²) in [7, 11) is 0. The van der Waals surface area contributed by atoms with Crippen LogP contribution in [0.5, 0.6) is 0 Å². The molecule has 0 bridgehead atoms. The molecule has 15 heavy (non-hydrogen) atoms. The first-order valence-electron chi connectivity index (χ1n) is 5.79. The van der Waals surface area contributed by atoms with Gasteiger partial charge in [0.15, 0.2) is 0 Å². The Bertz CT molecular complexity index is 329. The smallest absolute Gasteiger partial charge is 0.0602 e. The number of benzene rings is 1. The minimum Gasteiger partial charge on any atom is -0.397 e. The fourth-order valence-corrected chi connectivity index (χ4v) is 1.92. The Labute approximate surface area is 92.1 Å². The SMILES string of the molecule is CC(C)N(CC1CC1)c1ccccc1N. The predicted octanol–water partition coefficient (Wildman–Crippen LogP) is 2.89. The quantitative estimate of drug-likeness (QED) is 0.764. The average Bonchev–Trinajstić information content (AvgIpc) is 2.99. The van der Waals surface area contributed by atoms with Gasteiger partial charge in [-0.2, -0.15) is 0 Å². The van der Waals surface area contributed by atoms with Crippen LogP contribution in [0.25, 0.3) is 0 Å². The van der Waals surface area contributed by atoms with Crippen molar-refractivity contribution in [3.63, 3.8) is 0 Å². The molecule has 0 amide bonds. The number of nitrogens with zero attached hydrogens (tertiary/aromatic N) is 1. The number of hydrogen-bond donors (Lipinski definition) is 1. The van der Waals surface area contributed by atoms with Crippen molar-refractivity contribution in [3.8, 4) is 0 Å². The molecule has 82 valence electrons. The molecule has 1 aliphatic carbocycles. The highest BCUT2D eigenvalue weighted by atomic mass is 15.2. The van der Waals surface area contributed by atoms with E-state index in [0.29, 0.717) is 6.04 Å². The number of anilines is 2. The van der Waals surface area contributed by atoms with Gasteiger partial charge >= 0.3 is 0 Å². The Morgan fingerprint density at radius 1 is 1.33 bits per heavy atom. The van der Waals surface area contributed by atoms with E-state index in [1.165, 1.54) is 18.5 Å². The molecule has 2 nitrogen and oxygen atoms in total. The van der Waals surface area contributed by atoms with Crippen molar-refractivity contribution in [2.24, 2.45) is 5.92 Å². The third kappa shape index (κ3) is 2.44. The Morgan fingerprint density at radius 2 is 2.00 bits per heavy atom. The van der Waals surface area contributed by atoms with Crippen molar-refractivity contribution in [2.45, 2.75) is 32.7 Å². The highest BCUT2D eigenvalue weighted by Gasteiger charge is 2.26. The lowest BCUT2D eigenvalue weighted by atomic mass is 10.2.